The van der Waals surface area contributed by atoms with Crippen LogP contribution in [0.15, 0.2) is 18.2 Å². The summed E-state index contributed by atoms with van der Waals surface area (Å²) in [6, 6.07) is 4.90. The van der Waals surface area contributed by atoms with E-state index in [0.29, 0.717) is 17.1 Å². The number of benzene rings is 1. The average molecular weight is 271 g/mol. The van der Waals surface area contributed by atoms with Crippen molar-refractivity contribution in [1.82, 2.24) is 5.32 Å². The first-order chi connectivity index (χ1) is 9.08. The zero-order valence-corrected chi connectivity index (χ0v) is 12.5. The molecule has 2 atom stereocenters. The van der Waals surface area contributed by atoms with E-state index in [-0.39, 0.29) is 11.0 Å². The molecule has 0 saturated heterocycles. The van der Waals surface area contributed by atoms with E-state index in [1.165, 1.54) is 0 Å². The molecule has 9 heteroatoms. The van der Waals surface area contributed by atoms with Crippen molar-refractivity contribution < 1.29 is 19.4 Å². The lowest BCUT2D eigenvalue weighted by molar-refractivity contribution is -0.133. The topological polar surface area (TPSA) is 67.8 Å². The number of aliphatic hydroxyl groups excluding tert-OH is 1. The summed E-state index contributed by atoms with van der Waals surface area (Å²) in [5.41, 5.74) is -0.187. The molecule has 0 bridgehead atoms. The molecule has 0 amide bonds. The highest BCUT2D eigenvalue weighted by molar-refractivity contribution is 6.59. The lowest BCUT2D eigenvalue weighted by Gasteiger charge is -2.34. The number of ketones is 1. The van der Waals surface area contributed by atoms with Gasteiger partial charge in [-0.15, -0.1) is 0 Å². The maximum Gasteiger partial charge on any atom is 0.358 e. The van der Waals surface area contributed by atoms with Crippen molar-refractivity contribution in [3.8, 4) is 11.5 Å². The van der Waals surface area contributed by atoms with Gasteiger partial charge in [0, 0.05) is 11.0 Å². The molecule has 1 aliphatic heterocycles. The molecule has 0 radical (unpaired) electrons. The largest absolute Gasteiger partial charge is 0.428 e. The maximum atomic E-state index is 12.6. The first-order valence-corrected chi connectivity index (χ1v) is 6.58. The summed E-state index contributed by atoms with van der Waals surface area (Å²) >= 11 is 0. The van der Waals surface area contributed by atoms with Crippen molar-refractivity contribution in [2.45, 2.75) is 24.1 Å². The lowest BCUT2D eigenvalue weighted by atomic mass is 9.48. The maximum absolute atomic E-state index is 12.6. The Labute approximate surface area is 122 Å². The van der Waals surface area contributed by atoms with Gasteiger partial charge < -0.3 is 19.9 Å². The molecular formula is C11H17B4NO4. The molecule has 1 heterocycles. The van der Waals surface area contributed by atoms with Gasteiger partial charge in [0.15, 0.2) is 17.3 Å². The second kappa shape index (κ2) is 4.90. The molecule has 1 aromatic rings. The van der Waals surface area contributed by atoms with E-state index >= 15 is 0 Å². The fourth-order valence-electron chi connectivity index (χ4n) is 2.44. The Bertz CT molecular complexity index is 544. The van der Waals surface area contributed by atoms with Crippen LogP contribution in [-0.4, -0.2) is 59.4 Å². The summed E-state index contributed by atoms with van der Waals surface area (Å²) < 4.78 is 10.1. The van der Waals surface area contributed by atoms with Gasteiger partial charge in [0.05, 0.1) is 0 Å². The van der Waals surface area contributed by atoms with E-state index < -0.39 is 11.9 Å². The van der Waals surface area contributed by atoms with Crippen LogP contribution in [0.5, 0.6) is 11.5 Å². The number of ether oxygens (including phenoxy) is 2. The number of nitrogens with one attached hydrogen (secondary N) is 1. The Balaban J connectivity index is 2.24. The molecule has 1 unspecified atom stereocenters. The predicted molar refractivity (Wildman–Crippen MR) is 86.5 cm³/mol. The number of Topliss-reactive ketones (excluding diaryl/α,β-unsaturated/α-hetero) is 1. The van der Waals surface area contributed by atoms with Gasteiger partial charge in [-0.2, -0.15) is 0 Å². The number of hydrogen-bond donors (Lipinski definition) is 2. The summed E-state index contributed by atoms with van der Waals surface area (Å²) in [6.07, 6.45) is 0. The van der Waals surface area contributed by atoms with E-state index in [4.69, 9.17) is 9.47 Å². The molecule has 102 valence electrons. The number of hydrogen-bond acceptors (Lipinski definition) is 5. The minimum Gasteiger partial charge on any atom is -0.428 e. The zero-order valence-electron chi connectivity index (χ0n) is 12.5. The standard InChI is InChI=1S/C11H17B4NO4/c1-10(12,16-11(13,14)15)8(17)5-2-3-6-7(4-5)20-9(18)19-6/h2-4,9,16,18H,12-15H2,1H3/t9?,10-/m0/s1. The lowest BCUT2D eigenvalue weighted by Crippen LogP contribution is -2.62. The number of carbonyl (C=O) groups is 1. The minimum absolute atomic E-state index is 0.0415. The third kappa shape index (κ3) is 3.22. The fourth-order valence-corrected chi connectivity index (χ4v) is 2.44. The van der Waals surface area contributed by atoms with Gasteiger partial charge in [0.25, 0.3) is 0 Å². The summed E-state index contributed by atoms with van der Waals surface area (Å²) in [5.74, 6) is 0.783. The van der Waals surface area contributed by atoms with Gasteiger partial charge in [-0.1, -0.05) is 5.24 Å². The summed E-state index contributed by atoms with van der Waals surface area (Å²) in [6.45, 7) is 0.552. The van der Waals surface area contributed by atoms with Crippen molar-refractivity contribution in [1.29, 1.82) is 0 Å². The van der Waals surface area contributed by atoms with E-state index in [9.17, 15) is 9.90 Å². The highest BCUT2D eigenvalue weighted by atomic mass is 16.8. The first-order valence-electron chi connectivity index (χ1n) is 6.58. The summed E-state index contributed by atoms with van der Waals surface area (Å²) in [4.78, 5) is 12.6. The molecule has 20 heavy (non-hydrogen) atoms. The SMILES string of the molecule is BC(B)(B)N[C@@](B)(C)C(=O)c1ccc2c(c1)OC(O)O2. The Morgan fingerprint density at radius 3 is 2.45 bits per heavy atom. The van der Waals surface area contributed by atoms with Gasteiger partial charge in [-0.05, 0) is 25.1 Å². The van der Waals surface area contributed by atoms with E-state index in [0.717, 1.165) is 0 Å². The van der Waals surface area contributed by atoms with Crippen molar-refractivity contribution in [2.24, 2.45) is 0 Å². The molecule has 1 aromatic carbocycles. The number of carbonyl (C=O) groups excluding carboxylic acids is 1. The van der Waals surface area contributed by atoms with Crippen LogP contribution in [0.1, 0.15) is 17.3 Å². The van der Waals surface area contributed by atoms with Crippen LogP contribution in [0.25, 0.3) is 0 Å². The van der Waals surface area contributed by atoms with Gasteiger partial charge in [0.1, 0.15) is 31.4 Å². The highest BCUT2D eigenvalue weighted by Gasteiger charge is 2.33. The molecule has 0 spiro atoms. The molecule has 1 aliphatic rings. The average Bonchev–Trinajstić information content (AvgIpc) is 2.63. The van der Waals surface area contributed by atoms with Crippen molar-refractivity contribution in [3.63, 3.8) is 0 Å². The molecular weight excluding hydrogens is 253 g/mol. The van der Waals surface area contributed by atoms with E-state index in [1.54, 1.807) is 18.2 Å². The fraction of sp³-hybridized carbons (Fsp3) is 0.364. The summed E-state index contributed by atoms with van der Waals surface area (Å²) in [5, 5.41) is 12.4. The predicted octanol–water partition coefficient (Wildman–Crippen LogP) is -3.63. The first kappa shape index (κ1) is 15.1. The van der Waals surface area contributed by atoms with E-state index in [1.807, 2.05) is 38.3 Å². The molecule has 0 aliphatic carbocycles. The minimum atomic E-state index is -1.30. The van der Waals surface area contributed by atoms with E-state index in [2.05, 4.69) is 5.32 Å². The molecule has 0 fully saturated rings. The van der Waals surface area contributed by atoms with Gasteiger partial charge >= 0.3 is 6.48 Å². The summed E-state index contributed by atoms with van der Waals surface area (Å²) in [7, 11) is 7.88. The Morgan fingerprint density at radius 2 is 1.85 bits per heavy atom. The van der Waals surface area contributed by atoms with Crippen LogP contribution in [0.2, 0.25) is 0 Å². The van der Waals surface area contributed by atoms with Crippen LogP contribution in [0.4, 0.5) is 0 Å². The van der Waals surface area contributed by atoms with Crippen molar-refractivity contribution in [2.75, 3.05) is 0 Å². The number of aliphatic hydroxyl groups is 1. The normalized spacial score (nSPS) is 20.4. The number of fused-ring (bicyclic) bond motifs is 1. The Hall–Kier alpha value is -1.33. The molecule has 0 aromatic heterocycles. The van der Waals surface area contributed by atoms with Crippen molar-refractivity contribution >= 4 is 37.2 Å². The van der Waals surface area contributed by atoms with Crippen molar-refractivity contribution in [3.05, 3.63) is 23.8 Å². The van der Waals surface area contributed by atoms with Crippen LogP contribution >= 0.6 is 0 Å². The Morgan fingerprint density at radius 1 is 1.25 bits per heavy atom. The monoisotopic (exact) mass is 271 g/mol. The molecule has 2 N–H and O–H groups in total. The smallest absolute Gasteiger partial charge is 0.358 e. The van der Waals surface area contributed by atoms with Gasteiger partial charge in [0.2, 0.25) is 0 Å². The quantitative estimate of drug-likeness (QED) is 0.437. The number of rotatable bonds is 4. The van der Waals surface area contributed by atoms with Crippen LogP contribution in [0.3, 0.4) is 0 Å². The molecule has 2 rings (SSSR count). The van der Waals surface area contributed by atoms with Crippen LogP contribution < -0.4 is 14.8 Å². The molecule has 0 saturated carbocycles. The Kier molecular flexibility index (Phi) is 3.69. The second-order valence-electron chi connectivity index (χ2n) is 6.53. The second-order valence-corrected chi connectivity index (χ2v) is 6.53. The highest BCUT2D eigenvalue weighted by Crippen LogP contribution is 2.35. The van der Waals surface area contributed by atoms with Gasteiger partial charge in [-0.3, -0.25) is 4.79 Å². The van der Waals surface area contributed by atoms with Gasteiger partial charge in [-0.25, -0.2) is 0 Å². The molecule has 5 nitrogen and oxygen atoms in total. The third-order valence-corrected chi connectivity index (χ3v) is 2.92. The third-order valence-electron chi connectivity index (χ3n) is 2.92. The van der Waals surface area contributed by atoms with Crippen LogP contribution in [-0.2, 0) is 0 Å². The zero-order chi connectivity index (χ0) is 15.1. The van der Waals surface area contributed by atoms with Crippen LogP contribution in [0, 0.1) is 0 Å².